The van der Waals surface area contributed by atoms with Crippen LogP contribution >= 0.6 is 23.1 Å². The average Bonchev–Trinajstić information content (AvgIpc) is 2.99. The van der Waals surface area contributed by atoms with Crippen LogP contribution in [-0.2, 0) is 20.1 Å². The Morgan fingerprint density at radius 3 is 3.10 bits per heavy atom. The van der Waals surface area contributed by atoms with Gasteiger partial charge in [-0.05, 0) is 24.3 Å². The molecule has 1 fully saturated rings. The van der Waals surface area contributed by atoms with Gasteiger partial charge in [-0.2, -0.15) is 0 Å². The first-order valence-corrected chi connectivity index (χ1v) is 8.70. The van der Waals surface area contributed by atoms with E-state index in [9.17, 15) is 9.59 Å². The molecular weight excluding hydrogens is 294 g/mol. The minimum Gasteiger partial charge on any atom is -0.469 e. The number of carbonyl (C=O) groups excluding carboxylic acids is 2. The van der Waals surface area contributed by atoms with Gasteiger partial charge in [0.25, 0.3) is 0 Å². The maximum Gasteiger partial charge on any atom is 0.310 e. The van der Waals surface area contributed by atoms with E-state index in [1.54, 1.807) is 28.0 Å². The predicted octanol–water partition coefficient (Wildman–Crippen LogP) is 2.39. The maximum absolute atomic E-state index is 12.1. The van der Waals surface area contributed by atoms with Crippen molar-refractivity contribution in [3.8, 4) is 0 Å². The number of hydrogen-bond acceptors (Lipinski definition) is 5. The highest BCUT2D eigenvalue weighted by molar-refractivity contribution is 7.99. The van der Waals surface area contributed by atoms with Crippen LogP contribution < -0.4 is 0 Å². The number of amides is 1. The molecule has 1 aromatic heterocycles. The highest BCUT2D eigenvalue weighted by Gasteiger charge is 2.28. The molecule has 0 saturated carbocycles. The fourth-order valence-corrected chi connectivity index (χ4v) is 4.06. The fraction of sp³-hybridized carbons (Fsp3) is 0.571. The van der Waals surface area contributed by atoms with Crippen molar-refractivity contribution < 1.29 is 14.3 Å². The van der Waals surface area contributed by atoms with Crippen molar-refractivity contribution in [3.05, 3.63) is 22.4 Å². The molecule has 2 heterocycles. The molecule has 2 rings (SSSR count). The summed E-state index contributed by atoms with van der Waals surface area (Å²) in [6, 6.07) is 4.10. The monoisotopic (exact) mass is 313 g/mol. The number of hydrogen-bond donors (Lipinski definition) is 0. The van der Waals surface area contributed by atoms with Crippen LogP contribution in [0.4, 0.5) is 0 Å². The Balaban J connectivity index is 1.75. The molecule has 1 atom stereocenters. The first kappa shape index (κ1) is 15.4. The van der Waals surface area contributed by atoms with Crippen molar-refractivity contribution in [1.29, 1.82) is 0 Å². The minimum atomic E-state index is -0.200. The molecule has 0 aliphatic carbocycles. The molecule has 1 aliphatic rings. The molecule has 0 spiro atoms. The van der Waals surface area contributed by atoms with Gasteiger partial charge in [0, 0.05) is 23.7 Å². The second kappa shape index (κ2) is 7.69. The number of piperidine rings is 1. The van der Waals surface area contributed by atoms with Crippen LogP contribution in [0, 0.1) is 5.92 Å². The largest absolute Gasteiger partial charge is 0.469 e. The van der Waals surface area contributed by atoms with Crippen LogP contribution in [0.25, 0.3) is 0 Å². The maximum atomic E-state index is 12.1. The smallest absolute Gasteiger partial charge is 0.310 e. The van der Waals surface area contributed by atoms with E-state index in [0.29, 0.717) is 12.3 Å². The summed E-state index contributed by atoms with van der Waals surface area (Å²) in [5.74, 6) is 1.12. The standard InChI is InChI=1S/C14H19NO3S2/c1-18-14(17)11-4-2-6-15(8-11)13(16)10-19-9-12-5-3-7-20-12/h3,5,7,11H,2,4,6,8-10H2,1H3/t11-/m0/s1. The Kier molecular flexibility index (Phi) is 5.91. The lowest BCUT2D eigenvalue weighted by molar-refractivity contribution is -0.148. The number of thiophene rings is 1. The molecule has 4 nitrogen and oxygen atoms in total. The Morgan fingerprint density at radius 2 is 2.40 bits per heavy atom. The zero-order valence-electron chi connectivity index (χ0n) is 11.5. The first-order valence-electron chi connectivity index (χ1n) is 6.66. The molecule has 110 valence electrons. The van der Waals surface area contributed by atoms with Gasteiger partial charge in [0.1, 0.15) is 0 Å². The number of ether oxygens (including phenoxy) is 1. The SMILES string of the molecule is COC(=O)[C@H]1CCCN(C(=O)CSCc2cccs2)C1. The van der Waals surface area contributed by atoms with E-state index in [1.165, 1.54) is 12.0 Å². The van der Waals surface area contributed by atoms with Crippen molar-refractivity contribution in [1.82, 2.24) is 4.90 Å². The van der Waals surface area contributed by atoms with E-state index in [4.69, 9.17) is 4.74 Å². The molecule has 0 unspecified atom stereocenters. The lowest BCUT2D eigenvalue weighted by atomic mass is 9.98. The van der Waals surface area contributed by atoms with Crippen molar-refractivity contribution in [2.24, 2.45) is 5.92 Å². The van der Waals surface area contributed by atoms with Gasteiger partial charge in [-0.3, -0.25) is 9.59 Å². The lowest BCUT2D eigenvalue weighted by Gasteiger charge is -2.31. The molecule has 0 radical (unpaired) electrons. The summed E-state index contributed by atoms with van der Waals surface area (Å²) < 4.78 is 4.77. The third-order valence-corrected chi connectivity index (χ3v) is 5.38. The summed E-state index contributed by atoms with van der Waals surface area (Å²) in [6.45, 7) is 1.26. The van der Waals surface area contributed by atoms with Gasteiger partial charge >= 0.3 is 5.97 Å². The van der Waals surface area contributed by atoms with Crippen molar-refractivity contribution in [2.45, 2.75) is 18.6 Å². The molecule has 0 N–H and O–H groups in total. The average molecular weight is 313 g/mol. The topological polar surface area (TPSA) is 46.6 Å². The van der Waals surface area contributed by atoms with Crippen LogP contribution in [0.2, 0.25) is 0 Å². The number of rotatable bonds is 5. The van der Waals surface area contributed by atoms with E-state index >= 15 is 0 Å². The molecule has 1 aromatic rings. The minimum absolute atomic E-state index is 0.125. The number of methoxy groups -OCH3 is 1. The predicted molar refractivity (Wildman–Crippen MR) is 81.8 cm³/mol. The quantitative estimate of drug-likeness (QED) is 0.783. The molecular formula is C14H19NO3S2. The number of carbonyl (C=O) groups is 2. The van der Waals surface area contributed by atoms with Gasteiger partial charge < -0.3 is 9.64 Å². The number of thioether (sulfide) groups is 1. The zero-order chi connectivity index (χ0) is 14.4. The Hall–Kier alpha value is -1.01. The van der Waals surface area contributed by atoms with E-state index in [-0.39, 0.29) is 17.8 Å². The van der Waals surface area contributed by atoms with Gasteiger partial charge in [0.2, 0.25) is 5.91 Å². The first-order chi connectivity index (χ1) is 9.70. The summed E-state index contributed by atoms with van der Waals surface area (Å²) >= 11 is 3.34. The number of esters is 1. The van der Waals surface area contributed by atoms with Crippen molar-refractivity contribution in [3.63, 3.8) is 0 Å². The van der Waals surface area contributed by atoms with E-state index < -0.39 is 0 Å². The number of nitrogens with zero attached hydrogens (tertiary/aromatic N) is 1. The zero-order valence-corrected chi connectivity index (χ0v) is 13.2. The third kappa shape index (κ3) is 4.24. The summed E-state index contributed by atoms with van der Waals surface area (Å²) in [5, 5.41) is 2.04. The van der Waals surface area contributed by atoms with Gasteiger partial charge in [0.05, 0.1) is 18.8 Å². The van der Waals surface area contributed by atoms with Gasteiger partial charge in [-0.15, -0.1) is 23.1 Å². The van der Waals surface area contributed by atoms with Gasteiger partial charge in [-0.25, -0.2) is 0 Å². The van der Waals surface area contributed by atoms with E-state index in [1.807, 2.05) is 11.4 Å². The molecule has 0 bridgehead atoms. The Morgan fingerprint density at radius 1 is 1.55 bits per heavy atom. The summed E-state index contributed by atoms with van der Waals surface area (Å²) in [6.07, 6.45) is 1.69. The van der Waals surface area contributed by atoms with Gasteiger partial charge in [-0.1, -0.05) is 6.07 Å². The summed E-state index contributed by atoms with van der Waals surface area (Å²) in [7, 11) is 1.40. The van der Waals surface area contributed by atoms with Crippen molar-refractivity contribution >= 4 is 35.0 Å². The molecule has 1 saturated heterocycles. The van der Waals surface area contributed by atoms with Crippen LogP contribution in [0.5, 0.6) is 0 Å². The van der Waals surface area contributed by atoms with Crippen LogP contribution in [0.15, 0.2) is 17.5 Å². The highest BCUT2D eigenvalue weighted by atomic mass is 32.2. The van der Waals surface area contributed by atoms with Crippen molar-refractivity contribution in [2.75, 3.05) is 26.0 Å². The second-order valence-electron chi connectivity index (χ2n) is 4.77. The third-order valence-electron chi connectivity index (χ3n) is 3.36. The second-order valence-corrected chi connectivity index (χ2v) is 6.79. The number of likely N-dealkylation sites (tertiary alicyclic amines) is 1. The van der Waals surface area contributed by atoms with E-state index in [0.717, 1.165) is 25.1 Å². The summed E-state index contributed by atoms with van der Waals surface area (Å²) in [4.78, 5) is 26.8. The molecule has 1 amide bonds. The van der Waals surface area contributed by atoms with Crippen LogP contribution in [0.1, 0.15) is 17.7 Å². The Labute approximate surface area is 127 Å². The van der Waals surface area contributed by atoms with Crippen LogP contribution in [-0.4, -0.2) is 42.7 Å². The normalized spacial score (nSPS) is 18.9. The molecule has 0 aromatic carbocycles. The van der Waals surface area contributed by atoms with Crippen LogP contribution in [0.3, 0.4) is 0 Å². The lowest BCUT2D eigenvalue weighted by Crippen LogP contribution is -2.43. The fourth-order valence-electron chi connectivity index (χ4n) is 2.29. The molecule has 1 aliphatic heterocycles. The Bertz CT molecular complexity index is 447. The highest BCUT2D eigenvalue weighted by Crippen LogP contribution is 2.21. The molecule has 20 heavy (non-hydrogen) atoms. The van der Waals surface area contributed by atoms with Gasteiger partial charge in [0.15, 0.2) is 0 Å². The van der Waals surface area contributed by atoms with E-state index in [2.05, 4.69) is 6.07 Å². The molecule has 6 heteroatoms. The summed E-state index contributed by atoms with van der Waals surface area (Å²) in [5.41, 5.74) is 0.